The lowest BCUT2D eigenvalue weighted by Gasteiger charge is -2.23. The van der Waals surface area contributed by atoms with Gasteiger partial charge in [-0.3, -0.25) is 19.5 Å². The number of amides is 1. The zero-order valence-electron chi connectivity index (χ0n) is 22.5. The largest absolute Gasteiger partial charge is 0.458 e. The molecule has 2 heterocycles. The summed E-state index contributed by atoms with van der Waals surface area (Å²) in [5, 5.41) is 13.3. The molecule has 4 aromatic rings. The predicted molar refractivity (Wildman–Crippen MR) is 147 cm³/mol. The maximum Gasteiger partial charge on any atom is 0.335 e. The number of hydrogen-bond acceptors (Lipinski definition) is 9. The molecule has 0 aliphatic carbocycles. The molecule has 41 heavy (non-hydrogen) atoms. The number of esters is 2. The van der Waals surface area contributed by atoms with Crippen LogP contribution in [0.1, 0.15) is 26.3 Å². The molecule has 0 saturated carbocycles. The molecule has 0 saturated heterocycles. The van der Waals surface area contributed by atoms with Gasteiger partial charge in [-0.15, -0.1) is 0 Å². The zero-order chi connectivity index (χ0) is 29.7. The first kappa shape index (κ1) is 28.7. The van der Waals surface area contributed by atoms with Crippen LogP contribution in [-0.4, -0.2) is 49.0 Å². The number of nitro groups is 1. The van der Waals surface area contributed by atoms with Crippen molar-refractivity contribution in [2.45, 2.75) is 45.4 Å². The lowest BCUT2D eigenvalue weighted by atomic mass is 10.1. The van der Waals surface area contributed by atoms with E-state index in [9.17, 15) is 29.3 Å². The molecule has 0 bridgehead atoms. The Hall–Kier alpha value is -5.33. The third kappa shape index (κ3) is 6.82. The van der Waals surface area contributed by atoms with Gasteiger partial charge in [0.05, 0.1) is 16.1 Å². The number of nitrogens with zero attached hydrogens (tertiary/aromatic N) is 4. The number of aromatic nitrogens is 3. The second kappa shape index (κ2) is 11.8. The van der Waals surface area contributed by atoms with Crippen molar-refractivity contribution < 1.29 is 28.8 Å². The molecule has 0 fully saturated rings. The van der Waals surface area contributed by atoms with Crippen LogP contribution in [0.15, 0.2) is 71.7 Å². The summed E-state index contributed by atoms with van der Waals surface area (Å²) in [6, 6.07) is 14.1. The Balaban J connectivity index is 1.57. The summed E-state index contributed by atoms with van der Waals surface area (Å²) >= 11 is 0. The van der Waals surface area contributed by atoms with Gasteiger partial charge in [-0.25, -0.2) is 23.9 Å². The third-order valence-electron chi connectivity index (χ3n) is 5.85. The minimum atomic E-state index is -0.898. The van der Waals surface area contributed by atoms with E-state index < -0.39 is 40.7 Å². The Kier molecular flexibility index (Phi) is 8.26. The van der Waals surface area contributed by atoms with Crippen LogP contribution >= 0.6 is 0 Å². The quantitative estimate of drug-likeness (QED) is 0.101. The monoisotopic (exact) mass is 561 g/mol. The number of nitro benzene ring substituents is 1. The number of benzene rings is 2. The van der Waals surface area contributed by atoms with Crippen LogP contribution in [-0.2, 0) is 32.1 Å². The highest BCUT2D eigenvalue weighted by molar-refractivity contribution is 5.79. The van der Waals surface area contributed by atoms with Gasteiger partial charge in [-0.05, 0) is 62.7 Å². The number of hydrogen-bond donors (Lipinski definition) is 1. The van der Waals surface area contributed by atoms with E-state index in [-0.39, 0.29) is 17.9 Å². The smallest absolute Gasteiger partial charge is 0.335 e. The maximum absolute atomic E-state index is 13.5. The van der Waals surface area contributed by atoms with E-state index in [1.54, 1.807) is 57.2 Å². The Labute approximate surface area is 233 Å². The van der Waals surface area contributed by atoms with Gasteiger partial charge in [0, 0.05) is 24.8 Å². The van der Waals surface area contributed by atoms with E-state index in [2.05, 4.69) is 10.3 Å². The zero-order valence-corrected chi connectivity index (χ0v) is 22.5. The third-order valence-corrected chi connectivity index (χ3v) is 5.85. The van der Waals surface area contributed by atoms with Crippen LogP contribution in [0.4, 0.5) is 5.69 Å². The van der Waals surface area contributed by atoms with Crippen molar-refractivity contribution in [2.24, 2.45) is 0 Å². The van der Waals surface area contributed by atoms with E-state index in [1.165, 1.54) is 39.6 Å². The van der Waals surface area contributed by atoms with Crippen molar-refractivity contribution in [1.82, 2.24) is 19.4 Å². The second-order valence-electron chi connectivity index (χ2n) is 10.0. The van der Waals surface area contributed by atoms with Gasteiger partial charge in [0.1, 0.15) is 23.9 Å². The number of pyridine rings is 1. The summed E-state index contributed by atoms with van der Waals surface area (Å²) in [7, 11) is 0. The summed E-state index contributed by atoms with van der Waals surface area (Å²) in [6.45, 7) is 4.76. The van der Waals surface area contributed by atoms with Gasteiger partial charge in [0.15, 0.2) is 5.65 Å². The molecular formula is C28H27N5O8. The molecule has 2 aromatic heterocycles. The standard InChI is InChI=1S/C28H27N5O8/c1-28(2,3)41-26(36)22(30-17-34)15-18-6-8-19(9-7-18)32-25-23(5-4-14-29-25)31(27(32)37)16-24(35)40-21-12-10-20(11-13-21)33(38)39/h4-14,17,22H,15-16H2,1-3H3,(H,30,34)/t22-/m0/s1. The van der Waals surface area contributed by atoms with Crippen LogP contribution in [0, 0.1) is 10.1 Å². The van der Waals surface area contributed by atoms with Gasteiger partial charge in [0.25, 0.3) is 5.69 Å². The Morgan fingerprint density at radius 1 is 1.10 bits per heavy atom. The highest BCUT2D eigenvalue weighted by Gasteiger charge is 2.25. The number of nitrogens with one attached hydrogen (secondary N) is 1. The lowest BCUT2D eigenvalue weighted by molar-refractivity contribution is -0.384. The fraction of sp³-hybridized carbons (Fsp3) is 0.250. The van der Waals surface area contributed by atoms with E-state index >= 15 is 0 Å². The van der Waals surface area contributed by atoms with Crippen LogP contribution in [0.3, 0.4) is 0 Å². The molecule has 13 heteroatoms. The molecule has 0 aliphatic rings. The van der Waals surface area contributed by atoms with Gasteiger partial charge in [-0.2, -0.15) is 0 Å². The number of non-ortho nitro benzene ring substituents is 1. The SMILES string of the molecule is CC(C)(C)OC(=O)[C@H](Cc1ccc(-n2c(=O)n(CC(=O)Oc3ccc([N+](=O)[O-])cc3)c3cccnc32)cc1)NC=O. The average molecular weight is 562 g/mol. The molecule has 1 amide bonds. The first-order chi connectivity index (χ1) is 19.5. The van der Waals surface area contributed by atoms with Crippen molar-refractivity contribution in [2.75, 3.05) is 0 Å². The van der Waals surface area contributed by atoms with Gasteiger partial charge in [0.2, 0.25) is 6.41 Å². The Morgan fingerprint density at radius 3 is 2.39 bits per heavy atom. The fourth-order valence-corrected chi connectivity index (χ4v) is 4.08. The molecule has 212 valence electrons. The Bertz CT molecular complexity index is 1650. The van der Waals surface area contributed by atoms with Gasteiger partial charge < -0.3 is 14.8 Å². The molecule has 0 aliphatic heterocycles. The molecule has 0 radical (unpaired) electrons. The summed E-state index contributed by atoms with van der Waals surface area (Å²) < 4.78 is 13.2. The van der Waals surface area contributed by atoms with Crippen molar-refractivity contribution in [3.8, 4) is 11.4 Å². The number of ether oxygens (including phenoxy) is 2. The van der Waals surface area contributed by atoms with E-state index in [0.717, 1.165) is 0 Å². The molecule has 1 N–H and O–H groups in total. The van der Waals surface area contributed by atoms with Crippen molar-refractivity contribution in [3.05, 3.63) is 93.0 Å². The van der Waals surface area contributed by atoms with E-state index in [1.807, 2.05) is 0 Å². The molecule has 13 nitrogen and oxygen atoms in total. The van der Waals surface area contributed by atoms with Crippen LogP contribution < -0.4 is 15.7 Å². The van der Waals surface area contributed by atoms with Crippen LogP contribution in [0.2, 0.25) is 0 Å². The first-order valence-corrected chi connectivity index (χ1v) is 12.5. The van der Waals surface area contributed by atoms with Crippen molar-refractivity contribution in [3.63, 3.8) is 0 Å². The summed E-state index contributed by atoms with van der Waals surface area (Å²) in [6.07, 6.45) is 2.12. The fourth-order valence-electron chi connectivity index (χ4n) is 4.08. The normalized spacial score (nSPS) is 12.0. The number of carbonyl (C=O) groups excluding carboxylic acids is 3. The first-order valence-electron chi connectivity index (χ1n) is 12.5. The maximum atomic E-state index is 13.5. The minimum absolute atomic E-state index is 0.0971. The summed E-state index contributed by atoms with van der Waals surface area (Å²) in [4.78, 5) is 64.3. The number of rotatable bonds is 10. The molecule has 1 atom stereocenters. The highest BCUT2D eigenvalue weighted by Crippen LogP contribution is 2.20. The number of carbonyl (C=O) groups is 3. The van der Waals surface area contributed by atoms with Crippen molar-refractivity contribution in [1.29, 1.82) is 0 Å². The number of imidazole rings is 1. The second-order valence-corrected chi connectivity index (χ2v) is 10.0. The highest BCUT2D eigenvalue weighted by atomic mass is 16.6. The predicted octanol–water partition coefficient (Wildman–Crippen LogP) is 2.70. The van der Waals surface area contributed by atoms with Crippen LogP contribution in [0.5, 0.6) is 5.75 Å². The average Bonchev–Trinajstić information content (AvgIpc) is 3.19. The van der Waals surface area contributed by atoms with Gasteiger partial charge >= 0.3 is 17.6 Å². The Morgan fingerprint density at radius 2 is 1.78 bits per heavy atom. The summed E-state index contributed by atoms with van der Waals surface area (Å²) in [5.74, 6) is -1.23. The number of fused-ring (bicyclic) bond motifs is 1. The van der Waals surface area contributed by atoms with Crippen LogP contribution in [0.25, 0.3) is 16.9 Å². The van der Waals surface area contributed by atoms with Crippen molar-refractivity contribution >= 4 is 35.2 Å². The summed E-state index contributed by atoms with van der Waals surface area (Å²) in [5.41, 5.74) is 0.450. The topological polar surface area (TPSA) is 165 Å². The molecule has 0 unspecified atom stereocenters. The molecule has 2 aromatic carbocycles. The van der Waals surface area contributed by atoms with E-state index in [4.69, 9.17) is 9.47 Å². The molecule has 4 rings (SSSR count). The molecule has 0 spiro atoms. The van der Waals surface area contributed by atoms with Gasteiger partial charge in [-0.1, -0.05) is 12.1 Å². The molecular weight excluding hydrogens is 534 g/mol. The lowest BCUT2D eigenvalue weighted by Crippen LogP contribution is -2.42. The minimum Gasteiger partial charge on any atom is -0.458 e. The van der Waals surface area contributed by atoms with E-state index in [0.29, 0.717) is 28.8 Å².